The summed E-state index contributed by atoms with van der Waals surface area (Å²) in [6.45, 7) is 0. The Bertz CT molecular complexity index is 1190. The van der Waals surface area contributed by atoms with Crippen LogP contribution in [0, 0.1) is 0 Å². The highest BCUT2D eigenvalue weighted by molar-refractivity contribution is 5.96. The monoisotopic (exact) mass is 348 g/mol. The summed E-state index contributed by atoms with van der Waals surface area (Å²) in [5.41, 5.74) is 5.41. The molecule has 2 heterocycles. The largest absolute Gasteiger partial charge is 0.451 e. The van der Waals surface area contributed by atoms with Crippen LogP contribution in [0.5, 0.6) is 0 Å². The number of hydrogen-bond acceptors (Lipinski definition) is 4. The highest BCUT2D eigenvalue weighted by Crippen LogP contribution is 2.18. The number of aromatic nitrogens is 2. The van der Waals surface area contributed by atoms with E-state index in [9.17, 15) is 9.59 Å². The first-order valence-corrected chi connectivity index (χ1v) is 8.02. The van der Waals surface area contributed by atoms with Gasteiger partial charge in [-0.25, -0.2) is 10.2 Å². The molecule has 2 aromatic heterocycles. The van der Waals surface area contributed by atoms with Gasteiger partial charge in [0, 0.05) is 19.5 Å². The zero-order valence-corrected chi connectivity index (χ0v) is 14.3. The van der Waals surface area contributed by atoms with Crippen LogP contribution in [-0.4, -0.2) is 21.3 Å². The minimum atomic E-state index is -0.425. The van der Waals surface area contributed by atoms with Crippen molar-refractivity contribution in [1.82, 2.24) is 14.6 Å². The maximum atomic E-state index is 12.2. The number of para-hydroxylation sites is 1. The molecule has 4 rings (SSSR count). The average Bonchev–Trinajstić information content (AvgIpc) is 3.18. The van der Waals surface area contributed by atoms with Crippen LogP contribution in [0.1, 0.15) is 16.1 Å². The first-order valence-electron chi connectivity index (χ1n) is 8.02. The number of aryl methyl sites for hydroxylation is 2. The summed E-state index contributed by atoms with van der Waals surface area (Å²) in [7, 11) is 3.45. The second kappa shape index (κ2) is 6.03. The highest BCUT2D eigenvalue weighted by atomic mass is 16.3. The number of nitrogens with zero attached hydrogens (tertiary/aromatic N) is 3. The predicted molar refractivity (Wildman–Crippen MR) is 99.4 cm³/mol. The van der Waals surface area contributed by atoms with E-state index in [4.69, 9.17) is 4.42 Å². The van der Waals surface area contributed by atoms with E-state index in [2.05, 4.69) is 10.5 Å². The molecule has 7 nitrogen and oxygen atoms in total. The molecule has 0 aliphatic heterocycles. The molecule has 1 amide bonds. The number of hydrogen-bond donors (Lipinski definition) is 1. The van der Waals surface area contributed by atoms with Crippen molar-refractivity contribution in [2.75, 3.05) is 0 Å². The standard InChI is InChI=1S/C19H16N4O3/c1-22-14-8-7-12(9-15(14)23(2)19(22)25)11-20-21-18(24)17-10-13-5-3-4-6-16(13)26-17/h3-11H,1-2H3,(H,21,24)/b20-11-. The van der Waals surface area contributed by atoms with E-state index < -0.39 is 5.91 Å². The van der Waals surface area contributed by atoms with Gasteiger partial charge in [-0.3, -0.25) is 13.9 Å². The smallest absolute Gasteiger partial charge is 0.328 e. The van der Waals surface area contributed by atoms with Crippen LogP contribution in [0.3, 0.4) is 0 Å². The second-order valence-corrected chi connectivity index (χ2v) is 6.00. The van der Waals surface area contributed by atoms with E-state index in [1.807, 2.05) is 36.4 Å². The number of furan rings is 1. The lowest BCUT2D eigenvalue weighted by molar-refractivity contribution is 0.0929. The Morgan fingerprint density at radius 3 is 2.65 bits per heavy atom. The minimum Gasteiger partial charge on any atom is -0.451 e. The summed E-state index contributed by atoms with van der Waals surface area (Å²) in [5.74, 6) is -0.227. The van der Waals surface area contributed by atoms with Crippen molar-refractivity contribution in [2.45, 2.75) is 0 Å². The van der Waals surface area contributed by atoms with Crippen molar-refractivity contribution in [3.8, 4) is 0 Å². The van der Waals surface area contributed by atoms with E-state index in [0.29, 0.717) is 5.58 Å². The number of fused-ring (bicyclic) bond motifs is 2. The Kier molecular flexibility index (Phi) is 3.69. The number of carbonyl (C=O) groups excluding carboxylic acids is 1. The van der Waals surface area contributed by atoms with E-state index in [1.54, 1.807) is 35.4 Å². The molecule has 130 valence electrons. The topological polar surface area (TPSA) is 81.5 Å². The molecule has 1 N–H and O–H groups in total. The first-order chi connectivity index (χ1) is 12.5. The molecular formula is C19H16N4O3. The van der Waals surface area contributed by atoms with Gasteiger partial charge in [0.1, 0.15) is 5.58 Å². The van der Waals surface area contributed by atoms with Gasteiger partial charge in [-0.1, -0.05) is 24.3 Å². The van der Waals surface area contributed by atoms with Crippen LogP contribution in [0.2, 0.25) is 0 Å². The Balaban J connectivity index is 1.54. The summed E-state index contributed by atoms with van der Waals surface area (Å²) >= 11 is 0. The molecule has 4 aromatic rings. The molecule has 0 atom stereocenters. The van der Waals surface area contributed by atoms with Crippen molar-refractivity contribution in [3.05, 3.63) is 70.3 Å². The zero-order valence-electron chi connectivity index (χ0n) is 14.3. The molecule has 26 heavy (non-hydrogen) atoms. The zero-order chi connectivity index (χ0) is 18.3. The Morgan fingerprint density at radius 2 is 1.85 bits per heavy atom. The van der Waals surface area contributed by atoms with Crippen molar-refractivity contribution in [2.24, 2.45) is 19.2 Å². The number of imidazole rings is 1. The van der Waals surface area contributed by atoms with Crippen molar-refractivity contribution in [3.63, 3.8) is 0 Å². The van der Waals surface area contributed by atoms with Crippen LogP contribution in [0.4, 0.5) is 0 Å². The summed E-state index contributed by atoms with van der Waals surface area (Å²) in [6, 6.07) is 14.6. The minimum absolute atomic E-state index is 0.0905. The molecule has 0 saturated carbocycles. The number of carbonyl (C=O) groups is 1. The average molecular weight is 348 g/mol. The van der Waals surface area contributed by atoms with Gasteiger partial charge >= 0.3 is 11.6 Å². The van der Waals surface area contributed by atoms with Crippen LogP contribution in [-0.2, 0) is 14.1 Å². The van der Waals surface area contributed by atoms with Crippen LogP contribution < -0.4 is 11.1 Å². The van der Waals surface area contributed by atoms with Crippen LogP contribution >= 0.6 is 0 Å². The van der Waals surface area contributed by atoms with E-state index in [0.717, 1.165) is 22.0 Å². The van der Waals surface area contributed by atoms with E-state index in [1.165, 1.54) is 6.21 Å². The van der Waals surface area contributed by atoms with Crippen molar-refractivity contribution >= 4 is 34.1 Å². The molecule has 0 bridgehead atoms. The van der Waals surface area contributed by atoms with Gasteiger partial charge in [0.25, 0.3) is 0 Å². The normalized spacial score (nSPS) is 11.6. The molecule has 0 saturated heterocycles. The van der Waals surface area contributed by atoms with E-state index in [-0.39, 0.29) is 11.4 Å². The third-order valence-electron chi connectivity index (χ3n) is 4.33. The van der Waals surface area contributed by atoms with Crippen molar-refractivity contribution < 1.29 is 9.21 Å². The number of rotatable bonds is 3. The second-order valence-electron chi connectivity index (χ2n) is 6.00. The Morgan fingerprint density at radius 1 is 1.08 bits per heavy atom. The lowest BCUT2D eigenvalue weighted by atomic mass is 10.2. The third-order valence-corrected chi connectivity index (χ3v) is 4.33. The lowest BCUT2D eigenvalue weighted by Gasteiger charge is -1.98. The fraction of sp³-hybridized carbons (Fsp3) is 0.105. The summed E-state index contributed by atoms with van der Waals surface area (Å²) < 4.78 is 8.65. The molecule has 0 aliphatic rings. The fourth-order valence-corrected chi connectivity index (χ4v) is 2.92. The third kappa shape index (κ3) is 2.59. The lowest BCUT2D eigenvalue weighted by Crippen LogP contribution is -2.19. The molecule has 7 heteroatoms. The fourth-order valence-electron chi connectivity index (χ4n) is 2.92. The summed E-state index contributed by atoms with van der Waals surface area (Å²) in [4.78, 5) is 24.1. The molecule has 0 fully saturated rings. The molecule has 2 aromatic carbocycles. The van der Waals surface area contributed by atoms with Crippen LogP contribution in [0.15, 0.2) is 62.8 Å². The number of benzene rings is 2. The molecule has 0 unspecified atom stereocenters. The molecule has 0 spiro atoms. The van der Waals surface area contributed by atoms with Gasteiger partial charge in [0.05, 0.1) is 17.2 Å². The van der Waals surface area contributed by atoms with E-state index >= 15 is 0 Å². The van der Waals surface area contributed by atoms with Gasteiger partial charge in [-0.15, -0.1) is 0 Å². The number of hydrazone groups is 1. The van der Waals surface area contributed by atoms with Crippen molar-refractivity contribution in [1.29, 1.82) is 0 Å². The first kappa shape index (κ1) is 15.9. The van der Waals surface area contributed by atoms with Gasteiger partial charge in [-0.05, 0) is 29.8 Å². The van der Waals surface area contributed by atoms with Gasteiger partial charge in [-0.2, -0.15) is 5.10 Å². The Labute approximate surface area is 148 Å². The van der Waals surface area contributed by atoms with Gasteiger partial charge < -0.3 is 4.42 Å². The Hall–Kier alpha value is -3.61. The van der Waals surface area contributed by atoms with Crippen LogP contribution in [0.25, 0.3) is 22.0 Å². The SMILES string of the molecule is Cn1c(=O)n(C)c2cc(/C=N\NC(=O)c3cc4ccccc4o3)ccc21. The van der Waals surface area contributed by atoms with Gasteiger partial charge in [0.2, 0.25) is 0 Å². The highest BCUT2D eigenvalue weighted by Gasteiger charge is 2.11. The number of amides is 1. The number of nitrogens with one attached hydrogen (secondary N) is 1. The van der Waals surface area contributed by atoms with Gasteiger partial charge in [0.15, 0.2) is 5.76 Å². The molecule has 0 radical (unpaired) electrons. The quantitative estimate of drug-likeness (QED) is 0.456. The molecular weight excluding hydrogens is 332 g/mol. The maximum Gasteiger partial charge on any atom is 0.328 e. The molecule has 0 aliphatic carbocycles. The predicted octanol–water partition coefficient (Wildman–Crippen LogP) is 2.39. The summed E-state index contributed by atoms with van der Waals surface area (Å²) in [5, 5.41) is 4.83. The summed E-state index contributed by atoms with van der Waals surface area (Å²) in [6.07, 6.45) is 1.53. The maximum absolute atomic E-state index is 12.2.